The third-order valence-corrected chi connectivity index (χ3v) is 7.41. The Bertz CT molecular complexity index is 1970. The average molecular weight is 646 g/mol. The summed E-state index contributed by atoms with van der Waals surface area (Å²) in [6, 6.07) is 45.7. The molecule has 6 heteroatoms. The Hall–Kier alpha value is -5.00. The summed E-state index contributed by atoms with van der Waals surface area (Å²) in [7, 11) is 0. The third kappa shape index (κ3) is 7.75. The molecule has 5 heterocycles. The first-order chi connectivity index (χ1) is 21.2. The monoisotopic (exact) mass is 645 g/mol. The van der Waals surface area contributed by atoms with E-state index < -0.39 is 0 Å². The van der Waals surface area contributed by atoms with E-state index in [2.05, 4.69) is 98.8 Å². The fourth-order valence-electron chi connectivity index (χ4n) is 5.41. The minimum absolute atomic E-state index is 0. The molecule has 0 amide bonds. The summed E-state index contributed by atoms with van der Waals surface area (Å²) in [6.45, 7) is 0. The third-order valence-electron chi connectivity index (χ3n) is 7.41. The van der Waals surface area contributed by atoms with Crippen LogP contribution in [0.1, 0.15) is 33.9 Å². The number of benzene rings is 3. The van der Waals surface area contributed by atoms with Gasteiger partial charge in [-0.15, -0.1) is 0 Å². The molecule has 4 nitrogen and oxygen atoms in total. The van der Waals surface area contributed by atoms with Gasteiger partial charge in [0.2, 0.25) is 0 Å². The molecule has 45 heavy (non-hydrogen) atoms. The SMILES string of the molecule is C1=Cc2cc3ccc(cc4ccc(cc5nc(cc1n2)C=C5)[nH]4)[nH]3.[Cu].[Si].c1ccc2c(c1)Cc1ccccc1-2.c1ccccc1. The Kier molecular flexibility index (Phi) is 10.2. The Morgan fingerprint density at radius 2 is 0.756 bits per heavy atom. The summed E-state index contributed by atoms with van der Waals surface area (Å²) in [6.07, 6.45) is 9.15. The predicted molar refractivity (Wildman–Crippen MR) is 186 cm³/mol. The maximum Gasteiger partial charge on any atom is 0.0659 e. The average Bonchev–Trinajstić information content (AvgIpc) is 3.88. The summed E-state index contributed by atoms with van der Waals surface area (Å²) in [4.78, 5) is 16.0. The van der Waals surface area contributed by atoms with Gasteiger partial charge in [-0.05, 0) is 102 Å². The molecule has 0 unspecified atom stereocenters. The van der Waals surface area contributed by atoms with Gasteiger partial charge < -0.3 is 9.97 Å². The Labute approximate surface area is 278 Å². The summed E-state index contributed by atoms with van der Waals surface area (Å²) in [5.74, 6) is 0. The molecular weight excluding hydrogens is 616 g/mol. The fourth-order valence-corrected chi connectivity index (χ4v) is 5.41. The fraction of sp³-hybridized carbons (Fsp3) is 0.0256. The zero-order valence-electron chi connectivity index (χ0n) is 24.4. The van der Waals surface area contributed by atoms with Gasteiger partial charge in [-0.3, -0.25) is 0 Å². The first-order valence-electron chi connectivity index (χ1n) is 14.5. The van der Waals surface area contributed by atoms with Crippen LogP contribution in [-0.4, -0.2) is 30.9 Å². The Balaban J connectivity index is 0.000000160. The van der Waals surface area contributed by atoms with Crippen molar-refractivity contribution < 1.29 is 17.1 Å². The molecule has 2 N–H and O–H groups in total. The van der Waals surface area contributed by atoms with Gasteiger partial charge in [0.1, 0.15) is 0 Å². The second kappa shape index (κ2) is 14.6. The molecule has 3 aromatic carbocycles. The summed E-state index contributed by atoms with van der Waals surface area (Å²) in [5.41, 5.74) is 13.6. The van der Waals surface area contributed by atoms with Gasteiger partial charge in [0.25, 0.3) is 0 Å². The van der Waals surface area contributed by atoms with Gasteiger partial charge in [-0.1, -0.05) is 84.9 Å². The molecular formula is C39H30CuN4Si. The molecule has 8 bridgehead atoms. The number of hydrogen-bond acceptors (Lipinski definition) is 2. The van der Waals surface area contributed by atoms with Gasteiger partial charge >= 0.3 is 0 Å². The maximum absolute atomic E-state index is 4.62. The van der Waals surface area contributed by atoms with E-state index in [0.29, 0.717) is 0 Å². The quantitative estimate of drug-likeness (QED) is 0.162. The summed E-state index contributed by atoms with van der Waals surface area (Å²) < 4.78 is 0. The van der Waals surface area contributed by atoms with Crippen LogP contribution in [0.4, 0.5) is 0 Å². The van der Waals surface area contributed by atoms with Crippen LogP contribution in [0.25, 0.3) is 57.5 Å². The van der Waals surface area contributed by atoms with Gasteiger partial charge in [-0.2, -0.15) is 0 Å². The van der Waals surface area contributed by atoms with E-state index in [1.165, 1.54) is 22.3 Å². The zero-order valence-corrected chi connectivity index (χ0v) is 26.4. The molecule has 2 aliphatic heterocycles. The van der Waals surface area contributed by atoms with Crippen molar-refractivity contribution in [1.29, 1.82) is 0 Å². The largest absolute Gasteiger partial charge is 0.355 e. The van der Waals surface area contributed by atoms with Crippen LogP contribution in [0.2, 0.25) is 0 Å². The van der Waals surface area contributed by atoms with E-state index in [0.717, 1.165) is 51.3 Å². The number of nitrogens with zero attached hydrogens (tertiary/aromatic N) is 2. The minimum Gasteiger partial charge on any atom is -0.355 e. The number of rotatable bonds is 0. The number of fused-ring (bicyclic) bond motifs is 11. The van der Waals surface area contributed by atoms with Crippen molar-refractivity contribution in [1.82, 2.24) is 19.9 Å². The normalized spacial score (nSPS) is 11.4. The minimum atomic E-state index is 0. The predicted octanol–water partition coefficient (Wildman–Crippen LogP) is 9.22. The van der Waals surface area contributed by atoms with Gasteiger partial charge in [-0.25, -0.2) is 9.97 Å². The Morgan fingerprint density at radius 3 is 1.18 bits per heavy atom. The number of aromatic nitrogens is 4. The second-order valence-electron chi connectivity index (χ2n) is 10.6. The molecule has 1 aliphatic carbocycles. The van der Waals surface area contributed by atoms with Crippen molar-refractivity contribution in [3.63, 3.8) is 0 Å². The molecule has 221 valence electrons. The van der Waals surface area contributed by atoms with E-state index in [1.54, 1.807) is 0 Å². The van der Waals surface area contributed by atoms with E-state index in [1.807, 2.05) is 78.9 Å². The second-order valence-corrected chi connectivity index (χ2v) is 10.6. The van der Waals surface area contributed by atoms with Crippen molar-refractivity contribution in [2.45, 2.75) is 6.42 Å². The van der Waals surface area contributed by atoms with Crippen LogP contribution in [0.15, 0.2) is 133 Å². The first kappa shape index (κ1) is 31.4. The maximum atomic E-state index is 4.62. The molecule has 6 aromatic rings. The van der Waals surface area contributed by atoms with Gasteiger partial charge in [0, 0.05) is 50.1 Å². The topological polar surface area (TPSA) is 57.4 Å². The summed E-state index contributed by atoms with van der Waals surface area (Å²) >= 11 is 0. The summed E-state index contributed by atoms with van der Waals surface area (Å²) in [5, 5.41) is 0. The van der Waals surface area contributed by atoms with E-state index in [-0.39, 0.29) is 28.0 Å². The van der Waals surface area contributed by atoms with Crippen LogP contribution in [0, 0.1) is 0 Å². The van der Waals surface area contributed by atoms with Crippen LogP contribution in [-0.2, 0) is 23.5 Å². The number of nitrogens with one attached hydrogen (secondary N) is 2. The van der Waals surface area contributed by atoms with Crippen molar-refractivity contribution in [3.8, 4) is 11.1 Å². The Morgan fingerprint density at radius 1 is 0.400 bits per heavy atom. The number of aromatic amines is 2. The van der Waals surface area contributed by atoms with Crippen molar-refractivity contribution in [3.05, 3.63) is 167 Å². The van der Waals surface area contributed by atoms with Crippen molar-refractivity contribution in [2.75, 3.05) is 0 Å². The molecule has 3 aromatic heterocycles. The van der Waals surface area contributed by atoms with Crippen LogP contribution >= 0.6 is 0 Å². The zero-order chi connectivity index (χ0) is 28.8. The number of H-pyrrole nitrogens is 2. The van der Waals surface area contributed by atoms with Gasteiger partial charge in [0.15, 0.2) is 0 Å². The molecule has 0 saturated carbocycles. The van der Waals surface area contributed by atoms with Crippen LogP contribution in [0.3, 0.4) is 0 Å². The van der Waals surface area contributed by atoms with E-state index in [9.17, 15) is 0 Å². The standard InChI is InChI=1S/C20H14N4.C13H10.C6H6.Cu.Si/c1-2-14-10-16-5-6-18(23-16)12-20-8-7-19(24-20)11-17-4-3-15(22-17)9-13(1)21-14;1-3-7-12-10(5-1)9-11-6-2-4-8-13(11)12;1-2-4-6-5-3-1;;/h1-12,21-22H;1-8H,9H2;1-6H;;. The molecule has 0 spiro atoms. The van der Waals surface area contributed by atoms with E-state index in [4.69, 9.17) is 0 Å². The van der Waals surface area contributed by atoms with Crippen molar-refractivity contribution >= 4 is 57.3 Å². The molecule has 0 saturated heterocycles. The van der Waals surface area contributed by atoms with Crippen LogP contribution in [0.5, 0.6) is 0 Å². The molecule has 0 atom stereocenters. The van der Waals surface area contributed by atoms with Crippen molar-refractivity contribution in [2.24, 2.45) is 0 Å². The molecule has 9 rings (SSSR count). The van der Waals surface area contributed by atoms with E-state index >= 15 is 0 Å². The first-order valence-corrected chi connectivity index (χ1v) is 14.5. The van der Waals surface area contributed by atoms with Crippen LogP contribution < -0.4 is 0 Å². The molecule has 3 aliphatic rings. The molecule has 0 fully saturated rings. The number of hydrogen-bond donors (Lipinski definition) is 2. The van der Waals surface area contributed by atoms with Gasteiger partial charge in [0.05, 0.1) is 22.8 Å². The molecule has 5 radical (unpaired) electrons. The smallest absolute Gasteiger partial charge is 0.0659 e.